The first-order valence-corrected chi connectivity index (χ1v) is 9.11. The minimum Gasteiger partial charge on any atom is -0.344 e. The highest BCUT2D eigenvalue weighted by molar-refractivity contribution is 5.88. The van der Waals surface area contributed by atoms with E-state index in [1.165, 1.54) is 11.1 Å². The number of likely N-dealkylation sites (N-methyl/N-ethyl adjacent to an activating group) is 1. The van der Waals surface area contributed by atoms with Gasteiger partial charge in [0.05, 0.1) is 0 Å². The first-order valence-electron chi connectivity index (χ1n) is 9.11. The van der Waals surface area contributed by atoms with Crippen LogP contribution >= 0.6 is 0 Å². The Morgan fingerprint density at radius 3 is 2.56 bits per heavy atom. The molecule has 2 N–H and O–H groups in total. The van der Waals surface area contributed by atoms with Gasteiger partial charge in [-0.2, -0.15) is 0 Å². The highest BCUT2D eigenvalue weighted by atomic mass is 16.2. The minimum absolute atomic E-state index is 0.00289. The summed E-state index contributed by atoms with van der Waals surface area (Å²) >= 11 is 0. The molecule has 6 heteroatoms. The van der Waals surface area contributed by atoms with Gasteiger partial charge in [-0.15, -0.1) is 0 Å². The van der Waals surface area contributed by atoms with Crippen LogP contribution in [0.25, 0.3) is 0 Å². The molecule has 2 saturated heterocycles. The van der Waals surface area contributed by atoms with E-state index >= 15 is 0 Å². The minimum atomic E-state index is -0.369. The van der Waals surface area contributed by atoms with Crippen LogP contribution in [0.4, 0.5) is 4.79 Å². The summed E-state index contributed by atoms with van der Waals surface area (Å²) in [6.07, 6.45) is 2.58. The van der Waals surface area contributed by atoms with Crippen LogP contribution in [0.5, 0.6) is 0 Å². The highest BCUT2D eigenvalue weighted by Gasteiger charge is 2.31. The molecule has 3 amide bonds. The van der Waals surface area contributed by atoms with Gasteiger partial charge < -0.3 is 15.5 Å². The Morgan fingerprint density at radius 1 is 1.16 bits per heavy atom. The van der Waals surface area contributed by atoms with Gasteiger partial charge in [-0.1, -0.05) is 29.8 Å². The Hall–Kier alpha value is -2.08. The van der Waals surface area contributed by atoms with Crippen molar-refractivity contribution in [1.82, 2.24) is 20.4 Å². The van der Waals surface area contributed by atoms with Crippen LogP contribution in [0.2, 0.25) is 0 Å². The first kappa shape index (κ1) is 17.7. The predicted molar refractivity (Wildman–Crippen MR) is 97.2 cm³/mol. The molecule has 1 atom stereocenters. The molecule has 25 heavy (non-hydrogen) atoms. The van der Waals surface area contributed by atoms with Gasteiger partial charge in [0.1, 0.15) is 6.04 Å². The van der Waals surface area contributed by atoms with Crippen LogP contribution in [0.15, 0.2) is 24.3 Å². The van der Waals surface area contributed by atoms with E-state index in [2.05, 4.69) is 46.7 Å². The van der Waals surface area contributed by atoms with Crippen molar-refractivity contribution in [2.75, 3.05) is 26.7 Å². The number of rotatable bonds is 4. The molecule has 2 aliphatic heterocycles. The number of nitrogens with zero attached hydrogens (tertiary/aromatic N) is 2. The maximum Gasteiger partial charge on any atom is 0.315 e. The van der Waals surface area contributed by atoms with Crippen molar-refractivity contribution >= 4 is 11.9 Å². The van der Waals surface area contributed by atoms with Crippen LogP contribution in [0.3, 0.4) is 0 Å². The molecule has 0 bridgehead atoms. The second-order valence-electron chi connectivity index (χ2n) is 7.26. The fraction of sp³-hybridized carbons (Fsp3) is 0.579. The quantitative estimate of drug-likeness (QED) is 0.870. The number of likely N-dealkylation sites (tertiary alicyclic amines) is 2. The maximum atomic E-state index is 12.1. The van der Waals surface area contributed by atoms with E-state index in [-0.39, 0.29) is 24.0 Å². The molecule has 1 aromatic carbocycles. The molecule has 1 unspecified atom stereocenters. The number of carbonyl (C=O) groups is 2. The Kier molecular flexibility index (Phi) is 5.58. The molecular weight excluding hydrogens is 316 g/mol. The monoisotopic (exact) mass is 344 g/mol. The van der Waals surface area contributed by atoms with Crippen molar-refractivity contribution < 1.29 is 9.59 Å². The predicted octanol–water partition coefficient (Wildman–Crippen LogP) is 1.49. The Bertz CT molecular complexity index is 626. The summed E-state index contributed by atoms with van der Waals surface area (Å²) in [7, 11) is 1.77. The second-order valence-corrected chi connectivity index (χ2v) is 7.26. The zero-order valence-electron chi connectivity index (χ0n) is 15.1. The lowest BCUT2D eigenvalue weighted by molar-refractivity contribution is -0.128. The molecule has 1 aromatic rings. The lowest BCUT2D eigenvalue weighted by atomic mass is 10.0. The zero-order chi connectivity index (χ0) is 17.8. The normalized spacial score (nSPS) is 22.2. The standard InChI is InChI=1S/C19H28N4O2/c1-14-4-3-5-15(12-14)13-23-10-6-16(7-11-23)20-19(25)21-17-8-9-22(2)18(17)24/h3-5,12,16-17H,6-11,13H2,1-2H3,(H2,20,21,25). The average molecular weight is 344 g/mol. The number of nitrogens with one attached hydrogen (secondary N) is 2. The maximum absolute atomic E-state index is 12.1. The van der Waals surface area contributed by atoms with Crippen molar-refractivity contribution in [3.05, 3.63) is 35.4 Å². The van der Waals surface area contributed by atoms with Crippen molar-refractivity contribution in [2.24, 2.45) is 0 Å². The van der Waals surface area contributed by atoms with Gasteiger partial charge in [0.2, 0.25) is 5.91 Å². The third-order valence-electron chi connectivity index (χ3n) is 5.14. The van der Waals surface area contributed by atoms with Gasteiger partial charge in [0.15, 0.2) is 0 Å². The molecule has 2 heterocycles. The molecule has 0 saturated carbocycles. The van der Waals surface area contributed by atoms with Crippen LogP contribution in [-0.2, 0) is 11.3 Å². The van der Waals surface area contributed by atoms with Crippen LogP contribution in [0.1, 0.15) is 30.4 Å². The summed E-state index contributed by atoms with van der Waals surface area (Å²) in [5.41, 5.74) is 2.63. The number of urea groups is 1. The van der Waals surface area contributed by atoms with Gasteiger partial charge in [-0.05, 0) is 31.7 Å². The molecule has 0 spiro atoms. The number of piperidine rings is 1. The van der Waals surface area contributed by atoms with E-state index in [1.807, 2.05) is 0 Å². The van der Waals surface area contributed by atoms with E-state index in [1.54, 1.807) is 11.9 Å². The lowest BCUT2D eigenvalue weighted by Gasteiger charge is -2.32. The Labute approximate surface area is 149 Å². The number of hydrogen-bond donors (Lipinski definition) is 2. The van der Waals surface area contributed by atoms with Crippen LogP contribution in [0, 0.1) is 6.92 Å². The van der Waals surface area contributed by atoms with Crippen LogP contribution < -0.4 is 10.6 Å². The summed E-state index contributed by atoms with van der Waals surface area (Å²) in [6.45, 7) is 5.74. The molecule has 3 rings (SSSR count). The van der Waals surface area contributed by atoms with Gasteiger partial charge in [-0.3, -0.25) is 9.69 Å². The number of amides is 3. The van der Waals surface area contributed by atoms with Gasteiger partial charge in [0, 0.05) is 39.3 Å². The topological polar surface area (TPSA) is 64.7 Å². The fourth-order valence-electron chi connectivity index (χ4n) is 3.65. The third kappa shape index (κ3) is 4.72. The van der Waals surface area contributed by atoms with Crippen molar-refractivity contribution in [3.8, 4) is 0 Å². The lowest BCUT2D eigenvalue weighted by Crippen LogP contribution is -2.51. The molecule has 2 aliphatic rings. The number of aryl methyl sites for hydroxylation is 1. The Balaban J connectivity index is 1.40. The SMILES string of the molecule is Cc1cccc(CN2CCC(NC(=O)NC3CCN(C)C3=O)CC2)c1. The largest absolute Gasteiger partial charge is 0.344 e. The van der Waals surface area contributed by atoms with E-state index in [0.717, 1.165) is 32.5 Å². The summed E-state index contributed by atoms with van der Waals surface area (Å²) in [6, 6.07) is 8.21. The molecule has 2 fully saturated rings. The number of carbonyl (C=O) groups excluding carboxylic acids is 2. The molecule has 0 radical (unpaired) electrons. The zero-order valence-corrected chi connectivity index (χ0v) is 15.1. The van der Waals surface area contributed by atoms with E-state index in [9.17, 15) is 9.59 Å². The molecule has 136 valence electrons. The van der Waals surface area contributed by atoms with Gasteiger partial charge >= 0.3 is 6.03 Å². The number of hydrogen-bond acceptors (Lipinski definition) is 3. The van der Waals surface area contributed by atoms with Gasteiger partial charge in [-0.25, -0.2) is 4.79 Å². The van der Waals surface area contributed by atoms with E-state index in [4.69, 9.17) is 0 Å². The molecular formula is C19H28N4O2. The van der Waals surface area contributed by atoms with Crippen molar-refractivity contribution in [2.45, 2.75) is 44.8 Å². The summed E-state index contributed by atoms with van der Waals surface area (Å²) in [5, 5.41) is 5.84. The number of benzene rings is 1. The molecule has 0 aliphatic carbocycles. The molecule has 0 aromatic heterocycles. The molecule has 6 nitrogen and oxygen atoms in total. The second kappa shape index (κ2) is 7.87. The van der Waals surface area contributed by atoms with E-state index in [0.29, 0.717) is 13.0 Å². The van der Waals surface area contributed by atoms with Crippen molar-refractivity contribution in [1.29, 1.82) is 0 Å². The third-order valence-corrected chi connectivity index (χ3v) is 5.14. The Morgan fingerprint density at radius 2 is 1.92 bits per heavy atom. The summed E-state index contributed by atoms with van der Waals surface area (Å²) in [5.74, 6) is 0.00289. The van der Waals surface area contributed by atoms with E-state index < -0.39 is 0 Å². The van der Waals surface area contributed by atoms with Crippen LogP contribution in [-0.4, -0.2) is 60.5 Å². The van der Waals surface area contributed by atoms with Gasteiger partial charge in [0.25, 0.3) is 0 Å². The smallest absolute Gasteiger partial charge is 0.315 e. The average Bonchev–Trinajstić information content (AvgIpc) is 2.89. The van der Waals surface area contributed by atoms with Crippen molar-refractivity contribution in [3.63, 3.8) is 0 Å². The summed E-state index contributed by atoms with van der Waals surface area (Å²) in [4.78, 5) is 28.1. The fourth-order valence-corrected chi connectivity index (χ4v) is 3.65. The summed E-state index contributed by atoms with van der Waals surface area (Å²) < 4.78 is 0. The first-order chi connectivity index (χ1) is 12.0. The highest BCUT2D eigenvalue weighted by Crippen LogP contribution is 2.15.